The Morgan fingerprint density at radius 1 is 0.926 bits per heavy atom. The Hall–Kier alpha value is -3.18. The maximum atomic E-state index is 5.38. The van der Waals surface area contributed by atoms with Crippen LogP contribution in [0.15, 0.2) is 79.0 Å². The number of fused-ring (bicyclic) bond motifs is 1. The Kier molecular flexibility index (Phi) is 4.85. The van der Waals surface area contributed by atoms with Crippen LogP contribution in [0.25, 0.3) is 10.8 Å². The summed E-state index contributed by atoms with van der Waals surface area (Å²) in [5, 5.41) is 13.9. The molecule has 0 atom stereocenters. The third-order valence-electron chi connectivity index (χ3n) is 4.40. The number of rotatable bonds is 4. The van der Waals surface area contributed by atoms with Crippen LogP contribution in [-0.4, -0.2) is 14.9 Å². The molecule has 1 aromatic heterocycles. The molecule has 5 heteroatoms. The third kappa shape index (κ3) is 4.15. The second kappa shape index (κ2) is 7.60. The van der Waals surface area contributed by atoms with E-state index >= 15 is 0 Å². The molecule has 0 bridgehead atoms. The molecule has 0 aliphatic rings. The lowest BCUT2D eigenvalue weighted by molar-refractivity contribution is 0.693. The van der Waals surface area contributed by atoms with Gasteiger partial charge in [-0.1, -0.05) is 60.2 Å². The van der Waals surface area contributed by atoms with E-state index in [0.29, 0.717) is 11.7 Å². The normalized spacial score (nSPS) is 10.7. The van der Waals surface area contributed by atoms with E-state index in [9.17, 15) is 0 Å². The van der Waals surface area contributed by atoms with Crippen molar-refractivity contribution >= 4 is 39.6 Å². The fourth-order valence-corrected chi connectivity index (χ4v) is 3.26. The molecule has 0 aliphatic carbocycles. The zero-order chi connectivity index (χ0) is 18.6. The van der Waals surface area contributed by atoms with Gasteiger partial charge in [-0.3, -0.25) is 4.68 Å². The number of hydrogen-bond donors (Lipinski definition) is 2. The molecule has 0 radical (unpaired) electrons. The minimum atomic E-state index is 0.522. The van der Waals surface area contributed by atoms with Gasteiger partial charge in [0, 0.05) is 18.0 Å². The van der Waals surface area contributed by atoms with Gasteiger partial charge in [0.25, 0.3) is 0 Å². The second-order valence-electron chi connectivity index (χ2n) is 6.48. The fraction of sp³-hybridized carbons (Fsp3) is 0.0909. The average Bonchev–Trinajstić information content (AvgIpc) is 3.10. The molecule has 0 saturated heterocycles. The molecule has 0 amide bonds. The summed E-state index contributed by atoms with van der Waals surface area (Å²) in [4.78, 5) is 0. The predicted octanol–water partition coefficient (Wildman–Crippen LogP) is 5.20. The minimum absolute atomic E-state index is 0.522. The largest absolute Gasteiger partial charge is 0.332 e. The molecule has 27 heavy (non-hydrogen) atoms. The van der Waals surface area contributed by atoms with Gasteiger partial charge in [0.15, 0.2) is 10.9 Å². The molecular weight excluding hydrogens is 352 g/mol. The maximum absolute atomic E-state index is 5.38. The summed E-state index contributed by atoms with van der Waals surface area (Å²) in [6, 6.07) is 24.8. The highest BCUT2D eigenvalue weighted by Gasteiger charge is 2.05. The summed E-state index contributed by atoms with van der Waals surface area (Å²) in [6.07, 6.45) is 1.96. The Bertz CT molecular complexity index is 1080. The lowest BCUT2D eigenvalue weighted by Crippen LogP contribution is -2.19. The predicted molar refractivity (Wildman–Crippen MR) is 116 cm³/mol. The monoisotopic (exact) mass is 372 g/mol. The summed E-state index contributed by atoms with van der Waals surface area (Å²) in [5.41, 5.74) is 3.41. The maximum Gasteiger partial charge on any atom is 0.176 e. The molecule has 0 fully saturated rings. The van der Waals surface area contributed by atoms with Gasteiger partial charge in [-0.25, -0.2) is 0 Å². The van der Waals surface area contributed by atoms with Crippen LogP contribution in [-0.2, 0) is 6.54 Å². The van der Waals surface area contributed by atoms with E-state index in [1.54, 1.807) is 0 Å². The summed E-state index contributed by atoms with van der Waals surface area (Å²) < 4.78 is 1.92. The van der Waals surface area contributed by atoms with Crippen molar-refractivity contribution in [3.63, 3.8) is 0 Å². The van der Waals surface area contributed by atoms with Crippen molar-refractivity contribution in [3.05, 3.63) is 90.1 Å². The lowest BCUT2D eigenvalue weighted by Gasteiger charge is -2.09. The molecule has 0 saturated carbocycles. The quantitative estimate of drug-likeness (QED) is 0.483. The van der Waals surface area contributed by atoms with E-state index in [-0.39, 0.29) is 0 Å². The molecule has 0 unspecified atom stereocenters. The van der Waals surface area contributed by atoms with Crippen molar-refractivity contribution in [3.8, 4) is 0 Å². The van der Waals surface area contributed by atoms with Crippen molar-refractivity contribution in [2.45, 2.75) is 13.5 Å². The number of nitrogens with zero attached hydrogens (tertiary/aromatic N) is 2. The molecule has 4 rings (SSSR count). The van der Waals surface area contributed by atoms with Crippen LogP contribution in [0.3, 0.4) is 0 Å². The number of hydrogen-bond acceptors (Lipinski definition) is 2. The van der Waals surface area contributed by atoms with Crippen molar-refractivity contribution in [1.82, 2.24) is 9.78 Å². The van der Waals surface area contributed by atoms with Gasteiger partial charge in [-0.15, -0.1) is 0 Å². The van der Waals surface area contributed by atoms with Crippen LogP contribution < -0.4 is 10.6 Å². The second-order valence-corrected chi connectivity index (χ2v) is 6.89. The van der Waals surface area contributed by atoms with Crippen LogP contribution >= 0.6 is 12.2 Å². The Balaban J connectivity index is 1.44. The lowest BCUT2D eigenvalue weighted by atomic mass is 10.0. The van der Waals surface area contributed by atoms with Gasteiger partial charge in [0.05, 0.1) is 6.54 Å². The van der Waals surface area contributed by atoms with E-state index in [4.69, 9.17) is 12.2 Å². The van der Waals surface area contributed by atoms with Gasteiger partial charge in [-0.2, -0.15) is 5.10 Å². The molecule has 4 nitrogen and oxygen atoms in total. The number of aromatic nitrogens is 2. The highest BCUT2D eigenvalue weighted by molar-refractivity contribution is 7.80. The number of benzene rings is 3. The van der Waals surface area contributed by atoms with Crippen LogP contribution in [0.4, 0.5) is 11.5 Å². The molecule has 0 spiro atoms. The van der Waals surface area contributed by atoms with Crippen molar-refractivity contribution in [1.29, 1.82) is 0 Å². The number of thiocarbonyl (C=S) groups is 1. The molecule has 3 aromatic carbocycles. The van der Waals surface area contributed by atoms with E-state index in [0.717, 1.165) is 11.5 Å². The highest BCUT2D eigenvalue weighted by Crippen LogP contribution is 2.19. The number of anilines is 2. The molecule has 2 N–H and O–H groups in total. The van der Waals surface area contributed by atoms with Crippen molar-refractivity contribution in [2.75, 3.05) is 10.6 Å². The van der Waals surface area contributed by atoms with E-state index in [2.05, 4.69) is 65.1 Å². The van der Waals surface area contributed by atoms with Gasteiger partial charge >= 0.3 is 0 Å². The first-order chi connectivity index (χ1) is 13.2. The van der Waals surface area contributed by atoms with E-state index in [1.165, 1.54) is 21.9 Å². The van der Waals surface area contributed by atoms with Gasteiger partial charge < -0.3 is 10.6 Å². The van der Waals surface area contributed by atoms with Crippen LogP contribution in [0, 0.1) is 6.92 Å². The van der Waals surface area contributed by atoms with Crippen LogP contribution in [0.5, 0.6) is 0 Å². The summed E-state index contributed by atoms with van der Waals surface area (Å²) >= 11 is 5.38. The van der Waals surface area contributed by atoms with E-state index < -0.39 is 0 Å². The molecule has 1 heterocycles. The number of nitrogens with one attached hydrogen (secondary N) is 2. The van der Waals surface area contributed by atoms with Crippen LogP contribution in [0.2, 0.25) is 0 Å². The molecular formula is C22H20N4S. The third-order valence-corrected chi connectivity index (χ3v) is 4.61. The van der Waals surface area contributed by atoms with E-state index in [1.807, 2.05) is 41.2 Å². The highest BCUT2D eigenvalue weighted by atomic mass is 32.1. The number of aryl methyl sites for hydroxylation is 1. The SMILES string of the molecule is Cc1ccc(NC(=S)Nc2ccn(Cc3cccc4ccccc34)n2)cc1. The van der Waals surface area contributed by atoms with Crippen molar-refractivity contribution in [2.24, 2.45) is 0 Å². The molecule has 4 aromatic rings. The van der Waals surface area contributed by atoms with Crippen LogP contribution in [0.1, 0.15) is 11.1 Å². The van der Waals surface area contributed by atoms with Gasteiger partial charge in [0.2, 0.25) is 0 Å². The Morgan fingerprint density at radius 2 is 1.70 bits per heavy atom. The fourth-order valence-electron chi connectivity index (χ4n) is 3.04. The first-order valence-electron chi connectivity index (χ1n) is 8.82. The summed E-state index contributed by atoms with van der Waals surface area (Å²) in [7, 11) is 0. The summed E-state index contributed by atoms with van der Waals surface area (Å²) in [5.74, 6) is 0.722. The van der Waals surface area contributed by atoms with Gasteiger partial charge in [0.1, 0.15) is 0 Å². The topological polar surface area (TPSA) is 41.9 Å². The molecule has 134 valence electrons. The van der Waals surface area contributed by atoms with Crippen molar-refractivity contribution < 1.29 is 0 Å². The average molecular weight is 372 g/mol. The Morgan fingerprint density at radius 3 is 2.56 bits per heavy atom. The first kappa shape index (κ1) is 17.2. The smallest absolute Gasteiger partial charge is 0.176 e. The standard InChI is InChI=1S/C22H20N4S/c1-16-9-11-19(12-10-16)23-22(27)24-21-13-14-26(25-21)15-18-7-4-6-17-5-2-3-8-20(17)18/h2-14H,15H2,1H3,(H2,23,24,25,27). The summed E-state index contributed by atoms with van der Waals surface area (Å²) in [6.45, 7) is 2.77. The molecule has 0 aliphatic heterocycles. The van der Waals surface area contributed by atoms with Gasteiger partial charge in [-0.05, 0) is 47.6 Å². The Labute approximate surface area is 163 Å². The minimum Gasteiger partial charge on any atom is -0.332 e. The first-order valence-corrected chi connectivity index (χ1v) is 9.23. The zero-order valence-electron chi connectivity index (χ0n) is 15.0. The zero-order valence-corrected chi connectivity index (χ0v) is 15.8.